The van der Waals surface area contributed by atoms with Gasteiger partial charge in [-0.05, 0) is 18.9 Å². The van der Waals surface area contributed by atoms with Crippen molar-refractivity contribution in [1.82, 2.24) is 5.32 Å². The van der Waals surface area contributed by atoms with Gasteiger partial charge in [0.25, 0.3) is 0 Å². The third kappa shape index (κ3) is 3.84. The van der Waals surface area contributed by atoms with Crippen molar-refractivity contribution in [2.75, 3.05) is 5.32 Å². The van der Waals surface area contributed by atoms with Gasteiger partial charge in [0.1, 0.15) is 11.1 Å². The maximum atomic E-state index is 13.4. The first-order valence-electron chi connectivity index (χ1n) is 7.09. The number of hydrogen-bond donors (Lipinski definition) is 2. The number of thiophene rings is 1. The third-order valence-corrected chi connectivity index (χ3v) is 4.54. The van der Waals surface area contributed by atoms with Crippen LogP contribution in [0.5, 0.6) is 0 Å². The Morgan fingerprint density at radius 1 is 1.16 bits per heavy atom. The van der Waals surface area contributed by atoms with Crippen LogP contribution < -0.4 is 10.6 Å². The van der Waals surface area contributed by atoms with Gasteiger partial charge >= 0.3 is 18.0 Å². The Balaban J connectivity index is 3.60. The van der Waals surface area contributed by atoms with Crippen LogP contribution in [0.2, 0.25) is 0 Å². The first kappa shape index (κ1) is 21.1. The van der Waals surface area contributed by atoms with E-state index in [1.54, 1.807) is 13.0 Å². The summed E-state index contributed by atoms with van der Waals surface area (Å²) in [6, 6.07) is 1.63. The zero-order valence-corrected chi connectivity index (χ0v) is 14.3. The largest absolute Gasteiger partial charge is 0.439 e. The molecule has 1 heterocycles. The number of hydrogen-bond acceptors (Lipinski definition) is 4. The molecule has 0 fully saturated rings. The van der Waals surface area contributed by atoms with Crippen LogP contribution in [0.25, 0.3) is 0 Å². The van der Waals surface area contributed by atoms with Crippen molar-refractivity contribution in [2.24, 2.45) is 0 Å². The summed E-state index contributed by atoms with van der Waals surface area (Å²) in [7, 11) is 0. The molecule has 140 valence electrons. The van der Waals surface area contributed by atoms with E-state index in [2.05, 4.69) is 0 Å². The molecule has 1 rings (SSSR count). The van der Waals surface area contributed by atoms with Crippen LogP contribution in [0, 0.1) is 18.3 Å². The first-order valence-corrected chi connectivity index (χ1v) is 7.91. The summed E-state index contributed by atoms with van der Waals surface area (Å²) in [5.41, 5.74) is -4.63. The molecule has 0 aromatic carbocycles. The number of carbonyl (C=O) groups excluding carboxylic acids is 1. The highest BCUT2D eigenvalue weighted by Crippen LogP contribution is 2.46. The van der Waals surface area contributed by atoms with Gasteiger partial charge in [-0.3, -0.25) is 4.79 Å². The van der Waals surface area contributed by atoms with Crippen LogP contribution in [0.4, 0.5) is 31.3 Å². The predicted molar refractivity (Wildman–Crippen MR) is 80.0 cm³/mol. The van der Waals surface area contributed by atoms with Gasteiger partial charge in [-0.15, -0.1) is 11.3 Å². The Kier molecular flexibility index (Phi) is 6.00. The summed E-state index contributed by atoms with van der Waals surface area (Å²) in [5.74, 6) is -1.44. The molecular formula is C14H15F6N3OS. The standard InChI is InChI=1S/C14H15F6N3OS/c1-4-8-7(3)25-11(9(8)6-21)23-12(13(15,16)17,14(18,19)20)22-10(24)5-2/h23H,4-5H2,1-3H3,(H,22,24). The molecule has 1 aromatic rings. The van der Waals surface area contributed by atoms with Gasteiger partial charge < -0.3 is 10.6 Å². The highest BCUT2D eigenvalue weighted by atomic mass is 32.1. The molecule has 1 aromatic heterocycles. The van der Waals surface area contributed by atoms with E-state index in [1.807, 2.05) is 0 Å². The molecule has 0 radical (unpaired) electrons. The van der Waals surface area contributed by atoms with Crippen LogP contribution in [0.15, 0.2) is 0 Å². The molecular weight excluding hydrogens is 372 g/mol. The molecule has 0 unspecified atom stereocenters. The van der Waals surface area contributed by atoms with Gasteiger partial charge in [-0.2, -0.15) is 31.6 Å². The van der Waals surface area contributed by atoms with E-state index in [0.717, 1.165) is 12.2 Å². The maximum absolute atomic E-state index is 13.4. The smallest absolute Gasteiger partial charge is 0.338 e. The Morgan fingerprint density at radius 2 is 1.68 bits per heavy atom. The molecule has 0 spiro atoms. The number of halogens is 6. The summed E-state index contributed by atoms with van der Waals surface area (Å²) in [6.07, 6.45) is -12.1. The topological polar surface area (TPSA) is 64.9 Å². The van der Waals surface area contributed by atoms with Gasteiger partial charge in [0.05, 0.1) is 5.56 Å². The van der Waals surface area contributed by atoms with Crippen molar-refractivity contribution in [2.45, 2.75) is 51.6 Å². The van der Waals surface area contributed by atoms with Gasteiger partial charge in [-0.1, -0.05) is 13.8 Å². The van der Waals surface area contributed by atoms with Gasteiger partial charge in [0.15, 0.2) is 0 Å². The lowest BCUT2D eigenvalue weighted by atomic mass is 10.1. The summed E-state index contributed by atoms with van der Waals surface area (Å²) in [6.45, 7) is 4.24. The molecule has 0 atom stereocenters. The number of rotatable bonds is 5. The molecule has 2 N–H and O–H groups in total. The van der Waals surface area contributed by atoms with Crippen LogP contribution in [-0.2, 0) is 11.2 Å². The van der Waals surface area contributed by atoms with Gasteiger partial charge in [0, 0.05) is 11.3 Å². The highest BCUT2D eigenvalue weighted by molar-refractivity contribution is 7.16. The number of nitrogens with zero attached hydrogens (tertiary/aromatic N) is 1. The Hall–Kier alpha value is -1.96. The van der Waals surface area contributed by atoms with Crippen molar-refractivity contribution >= 4 is 22.2 Å². The number of aryl methyl sites for hydroxylation is 1. The molecule has 0 aliphatic carbocycles. The average Bonchev–Trinajstić information content (AvgIpc) is 2.78. The second kappa shape index (κ2) is 7.11. The highest BCUT2D eigenvalue weighted by Gasteiger charge is 2.72. The van der Waals surface area contributed by atoms with Crippen molar-refractivity contribution in [3.63, 3.8) is 0 Å². The van der Waals surface area contributed by atoms with E-state index in [-0.39, 0.29) is 12.0 Å². The fourth-order valence-corrected chi connectivity index (χ4v) is 3.30. The van der Waals surface area contributed by atoms with Crippen molar-refractivity contribution in [1.29, 1.82) is 5.26 Å². The first-order chi connectivity index (χ1) is 11.3. The van der Waals surface area contributed by atoms with E-state index >= 15 is 0 Å². The fourth-order valence-electron chi connectivity index (χ4n) is 2.15. The lowest BCUT2D eigenvalue weighted by molar-refractivity contribution is -0.295. The van der Waals surface area contributed by atoms with Crippen LogP contribution in [0.1, 0.15) is 36.3 Å². The molecule has 0 aliphatic heterocycles. The number of alkyl halides is 6. The summed E-state index contributed by atoms with van der Waals surface area (Å²) >= 11 is 0.599. The molecule has 0 bridgehead atoms. The Labute approximate surface area is 143 Å². The zero-order valence-electron chi connectivity index (χ0n) is 13.4. The van der Waals surface area contributed by atoms with Crippen LogP contribution >= 0.6 is 11.3 Å². The van der Waals surface area contributed by atoms with E-state index < -0.39 is 35.3 Å². The maximum Gasteiger partial charge on any atom is 0.439 e. The Morgan fingerprint density at radius 3 is 2.04 bits per heavy atom. The van der Waals surface area contributed by atoms with E-state index in [9.17, 15) is 31.1 Å². The number of nitrogens with one attached hydrogen (secondary N) is 2. The van der Waals surface area contributed by atoms with Crippen LogP contribution in [0.3, 0.4) is 0 Å². The van der Waals surface area contributed by atoms with Gasteiger partial charge in [-0.25, -0.2) is 0 Å². The lowest BCUT2D eigenvalue weighted by Crippen LogP contribution is -2.72. The van der Waals surface area contributed by atoms with Gasteiger partial charge in [0.2, 0.25) is 5.91 Å². The zero-order chi connectivity index (χ0) is 19.6. The second-order valence-electron chi connectivity index (χ2n) is 5.08. The molecule has 25 heavy (non-hydrogen) atoms. The van der Waals surface area contributed by atoms with E-state index in [1.165, 1.54) is 12.2 Å². The minimum absolute atomic E-state index is 0.263. The number of anilines is 1. The van der Waals surface area contributed by atoms with E-state index in [0.29, 0.717) is 21.8 Å². The van der Waals surface area contributed by atoms with Crippen LogP contribution in [-0.4, -0.2) is 23.9 Å². The fraction of sp³-hybridized carbons (Fsp3) is 0.571. The minimum Gasteiger partial charge on any atom is -0.338 e. The predicted octanol–water partition coefficient (Wildman–Crippen LogP) is 4.25. The number of carbonyl (C=O) groups is 1. The van der Waals surface area contributed by atoms with Crippen molar-refractivity contribution < 1.29 is 31.1 Å². The molecule has 1 amide bonds. The molecule has 0 saturated heterocycles. The second-order valence-corrected chi connectivity index (χ2v) is 6.30. The molecule has 11 heteroatoms. The quantitative estimate of drug-likeness (QED) is 0.587. The summed E-state index contributed by atoms with van der Waals surface area (Å²) in [5, 5.41) is 10.9. The summed E-state index contributed by atoms with van der Waals surface area (Å²) < 4.78 is 80.4. The minimum atomic E-state index is -5.90. The SMILES string of the molecule is CCC(=O)NC(Nc1sc(C)c(CC)c1C#N)(C(F)(F)F)C(F)(F)F. The monoisotopic (exact) mass is 387 g/mol. The Bertz CT molecular complexity index is 672. The number of amides is 1. The average molecular weight is 387 g/mol. The number of nitriles is 1. The normalized spacial score (nSPS) is 12.6. The molecule has 0 aliphatic rings. The lowest BCUT2D eigenvalue weighted by Gasteiger charge is -2.38. The molecule has 4 nitrogen and oxygen atoms in total. The third-order valence-electron chi connectivity index (χ3n) is 3.47. The van der Waals surface area contributed by atoms with Crippen molar-refractivity contribution in [3.8, 4) is 6.07 Å². The van der Waals surface area contributed by atoms with E-state index in [4.69, 9.17) is 5.26 Å². The summed E-state index contributed by atoms with van der Waals surface area (Å²) in [4.78, 5) is 11.8. The van der Waals surface area contributed by atoms with Crippen molar-refractivity contribution in [3.05, 3.63) is 16.0 Å². The molecule has 0 saturated carbocycles.